The molecule has 0 saturated carbocycles. The maximum atomic E-state index is 12.1. The van der Waals surface area contributed by atoms with Crippen molar-refractivity contribution in [2.75, 3.05) is 14.1 Å². The van der Waals surface area contributed by atoms with E-state index in [9.17, 15) is 13.2 Å². The molecule has 8 nitrogen and oxygen atoms in total. The topological polar surface area (TPSA) is 94.6 Å². The number of hydrogen-bond acceptors (Lipinski definition) is 6. The first-order valence-corrected chi connectivity index (χ1v) is 7.40. The van der Waals surface area contributed by atoms with Crippen LogP contribution in [0.1, 0.15) is 11.1 Å². The van der Waals surface area contributed by atoms with Gasteiger partial charge in [-0.05, 0) is 36.2 Å². The Balaban J connectivity index is 2.53. The van der Waals surface area contributed by atoms with Gasteiger partial charge in [0.2, 0.25) is 0 Å². The van der Waals surface area contributed by atoms with Crippen LogP contribution in [0.25, 0.3) is 0 Å². The average Bonchev–Trinajstić information content (AvgIpc) is 2.75. The molecule has 9 heteroatoms. The number of benzene rings is 1. The Morgan fingerprint density at radius 1 is 1.29 bits per heavy atom. The molecule has 0 amide bonds. The number of hydrogen-bond donors (Lipinski definition) is 0. The van der Waals surface area contributed by atoms with Crippen LogP contribution >= 0.6 is 0 Å². The molecule has 0 unspecified atom stereocenters. The van der Waals surface area contributed by atoms with E-state index in [1.54, 1.807) is 13.0 Å². The van der Waals surface area contributed by atoms with Gasteiger partial charge in [0.05, 0.1) is 0 Å². The third kappa shape index (κ3) is 2.83. The molecular weight excluding hydrogens is 298 g/mol. The van der Waals surface area contributed by atoms with Crippen LogP contribution in [-0.2, 0) is 10.2 Å². The molecule has 0 N–H and O–H groups in total. The number of aryl methyl sites for hydroxylation is 2. The molecular formula is C12H15N3O5S. The van der Waals surface area contributed by atoms with E-state index in [1.165, 1.54) is 14.1 Å². The Bertz CT molecular complexity index is 820. The second-order valence-electron chi connectivity index (χ2n) is 4.66. The first-order chi connectivity index (χ1) is 9.73. The lowest BCUT2D eigenvalue weighted by Crippen LogP contribution is -2.34. The van der Waals surface area contributed by atoms with Crippen LogP contribution in [0.5, 0.6) is 11.8 Å². The summed E-state index contributed by atoms with van der Waals surface area (Å²) in [5.74, 6) is -0.741. The van der Waals surface area contributed by atoms with Gasteiger partial charge in [0.15, 0.2) is 0 Å². The molecule has 2 aromatic rings. The van der Waals surface area contributed by atoms with E-state index in [0.29, 0.717) is 9.72 Å². The van der Waals surface area contributed by atoms with Gasteiger partial charge in [-0.25, -0.2) is 4.79 Å². The zero-order valence-corrected chi connectivity index (χ0v) is 12.8. The molecule has 0 fully saturated rings. The van der Waals surface area contributed by atoms with Crippen molar-refractivity contribution in [1.82, 2.24) is 13.4 Å². The normalized spacial score (nSPS) is 11.9. The van der Waals surface area contributed by atoms with Gasteiger partial charge < -0.3 is 4.74 Å². The summed E-state index contributed by atoms with van der Waals surface area (Å²) < 4.78 is 35.2. The van der Waals surface area contributed by atoms with Crippen molar-refractivity contribution in [1.29, 1.82) is 0 Å². The van der Waals surface area contributed by atoms with Crippen molar-refractivity contribution in [2.24, 2.45) is 0 Å². The van der Waals surface area contributed by atoms with Gasteiger partial charge in [-0.3, -0.25) is 4.52 Å². The second-order valence-corrected chi connectivity index (χ2v) is 6.65. The van der Waals surface area contributed by atoms with Crippen LogP contribution < -0.4 is 10.5 Å². The van der Waals surface area contributed by atoms with E-state index in [0.717, 1.165) is 15.4 Å². The summed E-state index contributed by atoms with van der Waals surface area (Å²) in [6.07, 6.45) is 0. The van der Waals surface area contributed by atoms with Gasteiger partial charge in [0, 0.05) is 14.1 Å². The fourth-order valence-corrected chi connectivity index (χ4v) is 2.38. The minimum atomic E-state index is -4.08. The lowest BCUT2D eigenvalue weighted by molar-refractivity contribution is 0.350. The van der Waals surface area contributed by atoms with Crippen LogP contribution in [0, 0.1) is 13.8 Å². The molecule has 2 rings (SSSR count). The molecule has 1 aromatic heterocycles. The monoisotopic (exact) mass is 313 g/mol. The van der Waals surface area contributed by atoms with Crippen LogP contribution in [0.15, 0.2) is 27.5 Å². The minimum absolute atomic E-state index is 0.370. The number of rotatable bonds is 4. The van der Waals surface area contributed by atoms with E-state index >= 15 is 0 Å². The highest BCUT2D eigenvalue weighted by atomic mass is 32.2. The predicted octanol–water partition coefficient (Wildman–Crippen LogP) is 0.900. The van der Waals surface area contributed by atoms with Crippen molar-refractivity contribution in [3.8, 4) is 11.8 Å². The molecule has 0 saturated heterocycles. The van der Waals surface area contributed by atoms with Crippen molar-refractivity contribution in [3.63, 3.8) is 0 Å². The Kier molecular flexibility index (Phi) is 3.88. The first-order valence-electron chi connectivity index (χ1n) is 6.00. The summed E-state index contributed by atoms with van der Waals surface area (Å²) in [4.78, 5) is 11.6. The zero-order chi connectivity index (χ0) is 15.8. The number of nitrogens with zero attached hydrogens (tertiary/aromatic N) is 3. The van der Waals surface area contributed by atoms with Crippen LogP contribution in [0.4, 0.5) is 0 Å². The first kappa shape index (κ1) is 15.3. The molecule has 0 atom stereocenters. The smallest absolute Gasteiger partial charge is 0.422 e. The van der Waals surface area contributed by atoms with E-state index in [2.05, 4.69) is 9.68 Å². The Morgan fingerprint density at radius 3 is 2.57 bits per heavy atom. The molecule has 1 aromatic carbocycles. The Hall–Kier alpha value is -2.13. The third-order valence-electron chi connectivity index (χ3n) is 2.78. The summed E-state index contributed by atoms with van der Waals surface area (Å²) >= 11 is 0. The fraction of sp³-hybridized carbons (Fsp3) is 0.333. The molecule has 0 radical (unpaired) electrons. The summed E-state index contributed by atoms with van der Waals surface area (Å²) in [5.41, 5.74) is 1.69. The molecule has 0 spiro atoms. The highest BCUT2D eigenvalue weighted by Crippen LogP contribution is 2.25. The Labute approximate surface area is 121 Å². The van der Waals surface area contributed by atoms with Gasteiger partial charge >= 0.3 is 22.0 Å². The van der Waals surface area contributed by atoms with Crippen molar-refractivity contribution >= 4 is 10.2 Å². The summed E-state index contributed by atoms with van der Waals surface area (Å²) in [5, 5.41) is 3.38. The standard InChI is InChI=1S/C12H15N3O5S/c1-8-5-6-9(2)10(7-8)19-11-13-20-12(16)15(11)21(17,18)14(3)4/h5-7H,1-4H3. The van der Waals surface area contributed by atoms with Crippen LogP contribution in [0.2, 0.25) is 0 Å². The molecule has 0 aliphatic rings. The summed E-state index contributed by atoms with van der Waals surface area (Å²) in [6.45, 7) is 3.65. The van der Waals surface area contributed by atoms with E-state index < -0.39 is 22.0 Å². The molecule has 21 heavy (non-hydrogen) atoms. The maximum absolute atomic E-state index is 12.1. The summed E-state index contributed by atoms with van der Waals surface area (Å²) in [6, 6.07) is 4.96. The maximum Gasteiger partial charge on any atom is 0.459 e. The van der Waals surface area contributed by atoms with Gasteiger partial charge in [-0.1, -0.05) is 12.1 Å². The van der Waals surface area contributed by atoms with Gasteiger partial charge in [0.25, 0.3) is 0 Å². The third-order valence-corrected chi connectivity index (χ3v) is 4.47. The van der Waals surface area contributed by atoms with Gasteiger partial charge in [-0.15, -0.1) is 3.97 Å². The number of aromatic nitrogens is 2. The lowest BCUT2D eigenvalue weighted by Gasteiger charge is -2.12. The minimum Gasteiger partial charge on any atom is -0.422 e. The van der Waals surface area contributed by atoms with E-state index in [-0.39, 0.29) is 0 Å². The number of ether oxygens (including phenoxy) is 1. The summed E-state index contributed by atoms with van der Waals surface area (Å²) in [7, 11) is -1.51. The lowest BCUT2D eigenvalue weighted by atomic mass is 10.1. The second kappa shape index (κ2) is 5.34. The zero-order valence-electron chi connectivity index (χ0n) is 12.0. The fourth-order valence-electron chi connectivity index (χ4n) is 1.56. The van der Waals surface area contributed by atoms with Crippen LogP contribution in [0.3, 0.4) is 0 Å². The highest BCUT2D eigenvalue weighted by Gasteiger charge is 2.27. The predicted molar refractivity (Wildman–Crippen MR) is 74.8 cm³/mol. The van der Waals surface area contributed by atoms with Crippen molar-refractivity contribution in [3.05, 3.63) is 39.9 Å². The van der Waals surface area contributed by atoms with Gasteiger partial charge in [0.1, 0.15) is 5.75 Å². The molecule has 1 heterocycles. The average molecular weight is 313 g/mol. The SMILES string of the molecule is Cc1ccc(C)c(Oc2noc(=O)n2S(=O)(=O)N(C)C)c1. The Morgan fingerprint density at radius 2 is 1.95 bits per heavy atom. The van der Waals surface area contributed by atoms with Crippen LogP contribution in [-0.4, -0.2) is 35.9 Å². The molecule has 0 bridgehead atoms. The van der Waals surface area contributed by atoms with Gasteiger partial charge in [-0.2, -0.15) is 12.7 Å². The largest absolute Gasteiger partial charge is 0.459 e. The quantitative estimate of drug-likeness (QED) is 0.832. The van der Waals surface area contributed by atoms with Crippen molar-refractivity contribution in [2.45, 2.75) is 13.8 Å². The van der Waals surface area contributed by atoms with E-state index in [1.807, 2.05) is 19.1 Å². The van der Waals surface area contributed by atoms with E-state index in [4.69, 9.17) is 4.74 Å². The van der Waals surface area contributed by atoms with Crippen molar-refractivity contribution < 1.29 is 17.7 Å². The molecule has 0 aliphatic carbocycles. The highest BCUT2D eigenvalue weighted by molar-refractivity contribution is 7.87. The molecule has 0 aliphatic heterocycles. The molecule has 114 valence electrons.